The van der Waals surface area contributed by atoms with Crippen LogP contribution in [-0.2, 0) is 6.42 Å². The Morgan fingerprint density at radius 2 is 2.28 bits per heavy atom. The second kappa shape index (κ2) is 4.61. The minimum absolute atomic E-state index is 0.0241. The fourth-order valence-electron chi connectivity index (χ4n) is 2.43. The van der Waals surface area contributed by atoms with E-state index in [1.165, 1.54) is 0 Å². The fourth-order valence-corrected chi connectivity index (χ4v) is 2.43. The molecule has 1 aromatic carbocycles. The third-order valence-corrected chi connectivity index (χ3v) is 3.53. The molecule has 0 bridgehead atoms. The number of fused-ring (bicyclic) bond motifs is 1. The zero-order valence-electron chi connectivity index (χ0n) is 10.3. The molecule has 0 saturated heterocycles. The number of benzene rings is 1. The Morgan fingerprint density at radius 3 is 3.00 bits per heavy atom. The van der Waals surface area contributed by atoms with Crippen LogP contribution in [0.1, 0.15) is 28.8 Å². The molecule has 4 heteroatoms. The van der Waals surface area contributed by atoms with E-state index >= 15 is 0 Å². The molecule has 0 radical (unpaired) electrons. The van der Waals surface area contributed by atoms with Crippen molar-refractivity contribution >= 4 is 5.91 Å². The third-order valence-electron chi connectivity index (χ3n) is 3.53. The van der Waals surface area contributed by atoms with E-state index in [-0.39, 0.29) is 12.5 Å². The normalized spacial score (nSPS) is 17.2. The van der Waals surface area contributed by atoms with Gasteiger partial charge in [-0.3, -0.25) is 4.79 Å². The number of nitrogens with zero attached hydrogens (tertiary/aromatic N) is 1. The fraction of sp³-hybridized carbons (Fsp3) is 0.500. The molecular formula is C14H17NO3. The van der Waals surface area contributed by atoms with Crippen LogP contribution in [0.25, 0.3) is 0 Å². The molecule has 1 aliphatic heterocycles. The molecule has 4 nitrogen and oxygen atoms in total. The molecule has 1 aromatic rings. The highest BCUT2D eigenvalue weighted by Gasteiger charge is 2.32. The van der Waals surface area contributed by atoms with Gasteiger partial charge in [-0.25, -0.2) is 0 Å². The molecule has 1 saturated carbocycles. The van der Waals surface area contributed by atoms with E-state index in [0.717, 1.165) is 30.6 Å². The van der Waals surface area contributed by atoms with Gasteiger partial charge in [0, 0.05) is 24.6 Å². The predicted molar refractivity (Wildman–Crippen MR) is 66.8 cm³/mol. The first kappa shape index (κ1) is 11.5. The lowest BCUT2D eigenvalue weighted by Crippen LogP contribution is -2.35. The third kappa shape index (κ3) is 2.08. The molecule has 1 fully saturated rings. The van der Waals surface area contributed by atoms with Gasteiger partial charge in [-0.15, -0.1) is 0 Å². The molecule has 0 unspecified atom stereocenters. The van der Waals surface area contributed by atoms with Crippen molar-refractivity contribution in [2.45, 2.75) is 25.3 Å². The monoisotopic (exact) mass is 247 g/mol. The number of aliphatic hydroxyl groups is 1. The molecule has 3 rings (SSSR count). The van der Waals surface area contributed by atoms with Gasteiger partial charge in [0.2, 0.25) is 0 Å². The first-order chi connectivity index (χ1) is 8.79. The van der Waals surface area contributed by atoms with Crippen molar-refractivity contribution in [3.8, 4) is 5.75 Å². The molecule has 1 aliphatic carbocycles. The van der Waals surface area contributed by atoms with E-state index in [4.69, 9.17) is 9.84 Å². The van der Waals surface area contributed by atoms with Gasteiger partial charge in [-0.2, -0.15) is 0 Å². The topological polar surface area (TPSA) is 49.8 Å². The average molecular weight is 247 g/mol. The number of hydrogen-bond donors (Lipinski definition) is 1. The van der Waals surface area contributed by atoms with Gasteiger partial charge < -0.3 is 14.7 Å². The predicted octanol–water partition coefficient (Wildman–Crippen LogP) is 1.22. The quantitative estimate of drug-likeness (QED) is 0.870. The van der Waals surface area contributed by atoms with Crippen molar-refractivity contribution in [1.82, 2.24) is 4.90 Å². The van der Waals surface area contributed by atoms with Gasteiger partial charge in [-0.05, 0) is 36.6 Å². The Bertz CT molecular complexity index is 468. The summed E-state index contributed by atoms with van der Waals surface area (Å²) in [7, 11) is 0. The standard InChI is InChI=1S/C14H17NO3/c16-7-6-15(12-2-3-12)14(17)11-1-4-13-10(9-11)5-8-18-13/h1,4,9,12,16H,2-3,5-8H2. The number of hydrogen-bond acceptors (Lipinski definition) is 3. The van der Waals surface area contributed by atoms with E-state index in [1.807, 2.05) is 18.2 Å². The Hall–Kier alpha value is -1.55. The number of aliphatic hydroxyl groups excluding tert-OH is 1. The molecule has 0 spiro atoms. The maximum Gasteiger partial charge on any atom is 0.254 e. The van der Waals surface area contributed by atoms with Crippen molar-refractivity contribution in [1.29, 1.82) is 0 Å². The number of ether oxygens (including phenoxy) is 1. The van der Waals surface area contributed by atoms with Gasteiger partial charge in [0.25, 0.3) is 5.91 Å². The maximum atomic E-state index is 12.4. The summed E-state index contributed by atoms with van der Waals surface area (Å²) in [4.78, 5) is 14.2. The second-order valence-corrected chi connectivity index (χ2v) is 4.87. The summed E-state index contributed by atoms with van der Waals surface area (Å²) < 4.78 is 5.44. The molecule has 1 amide bonds. The number of carbonyl (C=O) groups is 1. The highest BCUT2D eigenvalue weighted by atomic mass is 16.5. The van der Waals surface area contributed by atoms with Crippen molar-refractivity contribution in [2.24, 2.45) is 0 Å². The Kier molecular flexibility index (Phi) is 2.96. The highest BCUT2D eigenvalue weighted by molar-refractivity contribution is 5.95. The summed E-state index contributed by atoms with van der Waals surface area (Å²) in [5, 5.41) is 9.05. The lowest BCUT2D eigenvalue weighted by molar-refractivity contribution is 0.0707. The average Bonchev–Trinajstić information content (AvgIpc) is 3.12. The molecule has 2 aliphatic rings. The first-order valence-corrected chi connectivity index (χ1v) is 6.47. The van der Waals surface area contributed by atoms with Crippen LogP contribution < -0.4 is 4.74 Å². The van der Waals surface area contributed by atoms with Crippen molar-refractivity contribution in [2.75, 3.05) is 19.8 Å². The summed E-state index contributed by atoms with van der Waals surface area (Å²) in [6.07, 6.45) is 2.99. The largest absolute Gasteiger partial charge is 0.493 e. The van der Waals surface area contributed by atoms with Crippen LogP contribution in [-0.4, -0.2) is 41.7 Å². The number of carbonyl (C=O) groups excluding carboxylic acids is 1. The molecule has 96 valence electrons. The van der Waals surface area contributed by atoms with E-state index in [1.54, 1.807) is 4.90 Å². The van der Waals surface area contributed by atoms with E-state index in [9.17, 15) is 4.79 Å². The van der Waals surface area contributed by atoms with Crippen molar-refractivity contribution < 1.29 is 14.6 Å². The first-order valence-electron chi connectivity index (χ1n) is 6.47. The maximum absolute atomic E-state index is 12.4. The van der Waals surface area contributed by atoms with E-state index in [2.05, 4.69) is 0 Å². The van der Waals surface area contributed by atoms with E-state index < -0.39 is 0 Å². The minimum atomic E-state index is 0.0241. The molecular weight excluding hydrogens is 230 g/mol. The van der Waals surface area contributed by atoms with Gasteiger partial charge in [0.1, 0.15) is 5.75 Å². The number of amides is 1. The summed E-state index contributed by atoms with van der Waals surface area (Å²) >= 11 is 0. The van der Waals surface area contributed by atoms with E-state index in [0.29, 0.717) is 24.8 Å². The van der Waals surface area contributed by atoms with Crippen LogP contribution in [0.2, 0.25) is 0 Å². The lowest BCUT2D eigenvalue weighted by atomic mass is 10.1. The summed E-state index contributed by atoms with van der Waals surface area (Å²) in [6, 6.07) is 5.95. The van der Waals surface area contributed by atoms with Gasteiger partial charge >= 0.3 is 0 Å². The SMILES string of the molecule is O=C(c1ccc2c(c1)CCO2)N(CCO)C1CC1. The van der Waals surface area contributed by atoms with Crippen LogP contribution in [0.5, 0.6) is 5.75 Å². The zero-order chi connectivity index (χ0) is 12.5. The Labute approximate surface area is 106 Å². The minimum Gasteiger partial charge on any atom is -0.493 e. The van der Waals surface area contributed by atoms with Crippen LogP contribution in [0.4, 0.5) is 0 Å². The summed E-state index contributed by atoms with van der Waals surface area (Å²) in [5.74, 6) is 0.924. The van der Waals surface area contributed by atoms with Gasteiger partial charge in [-0.1, -0.05) is 0 Å². The van der Waals surface area contributed by atoms with Crippen molar-refractivity contribution in [3.05, 3.63) is 29.3 Å². The van der Waals surface area contributed by atoms with Gasteiger partial charge in [0.15, 0.2) is 0 Å². The van der Waals surface area contributed by atoms with Gasteiger partial charge in [0.05, 0.1) is 13.2 Å². The van der Waals surface area contributed by atoms with Crippen LogP contribution >= 0.6 is 0 Å². The van der Waals surface area contributed by atoms with Crippen LogP contribution in [0.15, 0.2) is 18.2 Å². The Morgan fingerprint density at radius 1 is 1.44 bits per heavy atom. The Balaban J connectivity index is 1.82. The van der Waals surface area contributed by atoms with Crippen LogP contribution in [0, 0.1) is 0 Å². The molecule has 18 heavy (non-hydrogen) atoms. The molecule has 0 aromatic heterocycles. The van der Waals surface area contributed by atoms with Crippen molar-refractivity contribution in [3.63, 3.8) is 0 Å². The summed E-state index contributed by atoms with van der Waals surface area (Å²) in [6.45, 7) is 1.16. The molecule has 0 atom stereocenters. The molecule has 1 heterocycles. The second-order valence-electron chi connectivity index (χ2n) is 4.87. The number of rotatable bonds is 4. The summed E-state index contributed by atoms with van der Waals surface area (Å²) in [5.41, 5.74) is 1.82. The highest BCUT2D eigenvalue weighted by Crippen LogP contribution is 2.30. The smallest absolute Gasteiger partial charge is 0.254 e. The lowest BCUT2D eigenvalue weighted by Gasteiger charge is -2.21. The van der Waals surface area contributed by atoms with Crippen LogP contribution in [0.3, 0.4) is 0 Å². The molecule has 1 N–H and O–H groups in total. The zero-order valence-corrected chi connectivity index (χ0v) is 10.3.